The van der Waals surface area contributed by atoms with Gasteiger partial charge in [0.1, 0.15) is 17.8 Å². The second-order valence-corrected chi connectivity index (χ2v) is 6.82. The van der Waals surface area contributed by atoms with Gasteiger partial charge in [-0.05, 0) is 42.3 Å². The number of hydrogen-bond acceptors (Lipinski definition) is 5. The standard InChI is InChI=1S/C23H30O5/c1-17(18(2)27-15-19-5-9-21(25-3)10-6-19)23(13-14-24)28-16-20-7-11-22(26-4)12-8-20/h5-12,14,17-18,23H,13,15-16H2,1-4H3/t17-,18-,23+/m0/s1. The van der Waals surface area contributed by atoms with E-state index in [9.17, 15) is 4.79 Å². The Morgan fingerprint density at radius 2 is 1.25 bits per heavy atom. The molecule has 2 rings (SSSR count). The van der Waals surface area contributed by atoms with Crippen LogP contribution >= 0.6 is 0 Å². The van der Waals surface area contributed by atoms with Gasteiger partial charge < -0.3 is 23.7 Å². The Labute approximate surface area is 167 Å². The lowest BCUT2D eigenvalue weighted by Crippen LogP contribution is -2.32. The minimum Gasteiger partial charge on any atom is -0.497 e. The van der Waals surface area contributed by atoms with E-state index in [-0.39, 0.29) is 18.1 Å². The lowest BCUT2D eigenvalue weighted by atomic mass is 9.96. The molecule has 0 saturated carbocycles. The summed E-state index contributed by atoms with van der Waals surface area (Å²) >= 11 is 0. The van der Waals surface area contributed by atoms with Crippen molar-refractivity contribution in [3.05, 3.63) is 59.7 Å². The van der Waals surface area contributed by atoms with Gasteiger partial charge in [0.2, 0.25) is 0 Å². The molecule has 0 heterocycles. The van der Waals surface area contributed by atoms with Crippen LogP contribution in [0.15, 0.2) is 48.5 Å². The van der Waals surface area contributed by atoms with Crippen molar-refractivity contribution < 1.29 is 23.7 Å². The van der Waals surface area contributed by atoms with Crippen molar-refractivity contribution in [2.24, 2.45) is 5.92 Å². The van der Waals surface area contributed by atoms with Gasteiger partial charge in [-0.3, -0.25) is 0 Å². The molecular weight excluding hydrogens is 356 g/mol. The Balaban J connectivity index is 1.87. The third kappa shape index (κ3) is 6.66. The van der Waals surface area contributed by atoms with Gasteiger partial charge in [-0.1, -0.05) is 31.2 Å². The fraction of sp³-hybridized carbons (Fsp3) is 0.435. The highest BCUT2D eigenvalue weighted by molar-refractivity contribution is 5.50. The van der Waals surface area contributed by atoms with Crippen LogP contribution in [0.25, 0.3) is 0 Å². The van der Waals surface area contributed by atoms with Crippen molar-refractivity contribution in [1.29, 1.82) is 0 Å². The van der Waals surface area contributed by atoms with Gasteiger partial charge in [-0.15, -0.1) is 0 Å². The Kier molecular flexibility index (Phi) is 8.98. The van der Waals surface area contributed by atoms with Crippen LogP contribution in [0.5, 0.6) is 11.5 Å². The molecule has 2 aromatic carbocycles. The number of methoxy groups -OCH3 is 2. The molecule has 0 aliphatic rings. The first-order valence-corrected chi connectivity index (χ1v) is 9.50. The summed E-state index contributed by atoms with van der Waals surface area (Å²) in [5, 5.41) is 0. The van der Waals surface area contributed by atoms with E-state index in [2.05, 4.69) is 6.92 Å². The highest BCUT2D eigenvalue weighted by atomic mass is 16.5. The van der Waals surface area contributed by atoms with Crippen molar-refractivity contribution >= 4 is 6.29 Å². The molecule has 152 valence electrons. The molecule has 0 N–H and O–H groups in total. The summed E-state index contributed by atoms with van der Waals surface area (Å²) in [7, 11) is 3.29. The molecule has 3 atom stereocenters. The second-order valence-electron chi connectivity index (χ2n) is 6.82. The van der Waals surface area contributed by atoms with Crippen LogP contribution in [-0.4, -0.2) is 32.7 Å². The van der Waals surface area contributed by atoms with E-state index in [1.165, 1.54) is 0 Å². The number of carbonyl (C=O) groups is 1. The van der Waals surface area contributed by atoms with E-state index in [4.69, 9.17) is 18.9 Å². The van der Waals surface area contributed by atoms with E-state index >= 15 is 0 Å². The first kappa shape index (κ1) is 21.9. The number of benzene rings is 2. The number of hydrogen-bond donors (Lipinski definition) is 0. The van der Waals surface area contributed by atoms with E-state index in [1.54, 1.807) is 14.2 Å². The van der Waals surface area contributed by atoms with Crippen molar-refractivity contribution in [2.75, 3.05) is 14.2 Å². The smallest absolute Gasteiger partial charge is 0.122 e. The zero-order valence-electron chi connectivity index (χ0n) is 17.1. The Hall–Kier alpha value is -2.37. The van der Waals surface area contributed by atoms with E-state index < -0.39 is 0 Å². The average Bonchev–Trinajstić information content (AvgIpc) is 2.75. The number of ether oxygens (including phenoxy) is 4. The predicted molar refractivity (Wildman–Crippen MR) is 109 cm³/mol. The molecule has 5 nitrogen and oxygen atoms in total. The Bertz CT molecular complexity index is 696. The fourth-order valence-electron chi connectivity index (χ4n) is 2.86. The molecule has 28 heavy (non-hydrogen) atoms. The molecule has 0 aliphatic heterocycles. The second kappa shape index (κ2) is 11.5. The molecule has 0 spiro atoms. The largest absolute Gasteiger partial charge is 0.497 e. The van der Waals surface area contributed by atoms with Gasteiger partial charge in [0, 0.05) is 12.3 Å². The Morgan fingerprint density at radius 3 is 1.68 bits per heavy atom. The van der Waals surface area contributed by atoms with Crippen LogP contribution in [0.3, 0.4) is 0 Å². The first-order chi connectivity index (χ1) is 13.6. The normalized spacial score (nSPS) is 14.1. The average molecular weight is 386 g/mol. The monoisotopic (exact) mass is 386 g/mol. The molecule has 5 heteroatoms. The molecule has 0 amide bonds. The van der Waals surface area contributed by atoms with Crippen molar-refractivity contribution in [1.82, 2.24) is 0 Å². The van der Waals surface area contributed by atoms with Crippen molar-refractivity contribution in [3.63, 3.8) is 0 Å². The maximum atomic E-state index is 11.1. The molecule has 0 bridgehead atoms. The number of rotatable bonds is 12. The zero-order valence-corrected chi connectivity index (χ0v) is 17.1. The molecule has 0 aromatic heterocycles. The van der Waals surface area contributed by atoms with Gasteiger partial charge in [-0.2, -0.15) is 0 Å². The summed E-state index contributed by atoms with van der Waals surface area (Å²) < 4.78 is 22.4. The Morgan fingerprint density at radius 1 is 0.786 bits per heavy atom. The van der Waals surface area contributed by atoms with Gasteiger partial charge >= 0.3 is 0 Å². The summed E-state index contributed by atoms with van der Waals surface area (Å²) in [6.45, 7) is 5.02. The van der Waals surface area contributed by atoms with Crippen LogP contribution in [0.1, 0.15) is 31.4 Å². The van der Waals surface area contributed by atoms with E-state index in [0.29, 0.717) is 19.6 Å². The molecular formula is C23H30O5. The molecule has 0 fully saturated rings. The molecule has 0 aliphatic carbocycles. The number of carbonyl (C=O) groups excluding carboxylic acids is 1. The van der Waals surface area contributed by atoms with E-state index in [0.717, 1.165) is 28.9 Å². The third-order valence-electron chi connectivity index (χ3n) is 4.95. The maximum absolute atomic E-state index is 11.1. The van der Waals surface area contributed by atoms with Crippen LogP contribution in [-0.2, 0) is 27.5 Å². The summed E-state index contributed by atoms with van der Waals surface area (Å²) in [5.41, 5.74) is 2.11. The lowest BCUT2D eigenvalue weighted by Gasteiger charge is -2.28. The first-order valence-electron chi connectivity index (χ1n) is 9.50. The zero-order chi connectivity index (χ0) is 20.4. The summed E-state index contributed by atoms with van der Waals surface area (Å²) in [5.74, 6) is 1.70. The van der Waals surface area contributed by atoms with Crippen molar-refractivity contribution in [2.45, 2.75) is 45.7 Å². The van der Waals surface area contributed by atoms with Gasteiger partial charge in [-0.25, -0.2) is 0 Å². The predicted octanol–water partition coefficient (Wildman–Crippen LogP) is 4.42. The quantitative estimate of drug-likeness (QED) is 0.506. The summed E-state index contributed by atoms with van der Waals surface area (Å²) in [6, 6.07) is 15.5. The van der Waals surface area contributed by atoms with Crippen LogP contribution in [0, 0.1) is 5.92 Å². The van der Waals surface area contributed by atoms with Gasteiger partial charge in [0.15, 0.2) is 0 Å². The minimum absolute atomic E-state index is 0.0529. The highest BCUT2D eigenvalue weighted by Crippen LogP contribution is 2.21. The summed E-state index contributed by atoms with van der Waals surface area (Å²) in [6.07, 6.45) is 0.993. The van der Waals surface area contributed by atoms with Crippen molar-refractivity contribution in [3.8, 4) is 11.5 Å². The topological polar surface area (TPSA) is 54.0 Å². The molecule has 0 radical (unpaired) electrons. The molecule has 0 unspecified atom stereocenters. The highest BCUT2D eigenvalue weighted by Gasteiger charge is 2.24. The third-order valence-corrected chi connectivity index (χ3v) is 4.95. The van der Waals surface area contributed by atoms with E-state index in [1.807, 2.05) is 55.5 Å². The summed E-state index contributed by atoms with van der Waals surface area (Å²) in [4.78, 5) is 11.1. The fourth-order valence-corrected chi connectivity index (χ4v) is 2.86. The molecule has 0 saturated heterocycles. The lowest BCUT2D eigenvalue weighted by molar-refractivity contribution is -0.114. The minimum atomic E-state index is -0.203. The van der Waals surface area contributed by atoms with Crippen LogP contribution in [0.2, 0.25) is 0 Å². The molecule has 2 aromatic rings. The van der Waals surface area contributed by atoms with Gasteiger partial charge in [0.05, 0.1) is 39.6 Å². The maximum Gasteiger partial charge on any atom is 0.122 e. The van der Waals surface area contributed by atoms with Gasteiger partial charge in [0.25, 0.3) is 0 Å². The SMILES string of the molecule is COc1ccc(CO[C@@H](C)[C@H](C)[C@@H](CC=O)OCc2ccc(OC)cc2)cc1. The van der Waals surface area contributed by atoms with Crippen LogP contribution < -0.4 is 9.47 Å². The van der Waals surface area contributed by atoms with Crippen LogP contribution in [0.4, 0.5) is 0 Å². The number of aldehydes is 1.